The molecular weight excluding hydrogens is 620 g/mol. The first-order valence-corrected chi connectivity index (χ1v) is 21.9. The molecule has 0 saturated heterocycles. The van der Waals surface area contributed by atoms with E-state index in [1.165, 1.54) is 161 Å². The van der Waals surface area contributed by atoms with Gasteiger partial charge < -0.3 is 14.6 Å². The lowest BCUT2D eigenvalue weighted by atomic mass is 10.0. The van der Waals surface area contributed by atoms with Crippen molar-refractivity contribution in [3.8, 4) is 0 Å². The minimum absolute atomic E-state index is 0.0655. The Balaban J connectivity index is 3.50. The highest BCUT2D eigenvalue weighted by molar-refractivity contribution is 5.70. The van der Waals surface area contributed by atoms with E-state index in [2.05, 4.69) is 38.2 Å². The lowest BCUT2D eigenvalue weighted by Crippen LogP contribution is -2.28. The summed E-state index contributed by atoms with van der Waals surface area (Å²) in [4.78, 5) is 24.3. The molecule has 0 amide bonds. The zero-order valence-electron chi connectivity index (χ0n) is 33.4. The third-order valence-electron chi connectivity index (χ3n) is 9.75. The highest BCUT2D eigenvalue weighted by Gasteiger charge is 2.16. The molecule has 294 valence electrons. The molecule has 0 aliphatic heterocycles. The molecule has 0 radical (unpaired) electrons. The lowest BCUT2D eigenvalue weighted by Gasteiger charge is -2.15. The first-order valence-electron chi connectivity index (χ1n) is 21.9. The molecule has 0 aromatic carbocycles. The number of aliphatic hydroxyl groups is 1. The van der Waals surface area contributed by atoms with Gasteiger partial charge in [0.05, 0.1) is 6.61 Å². The van der Waals surface area contributed by atoms with Crippen molar-refractivity contribution in [2.75, 3.05) is 13.2 Å². The summed E-state index contributed by atoms with van der Waals surface area (Å²) >= 11 is 0. The van der Waals surface area contributed by atoms with Crippen molar-refractivity contribution >= 4 is 11.9 Å². The van der Waals surface area contributed by atoms with Crippen LogP contribution in [0.1, 0.15) is 232 Å². The maximum absolute atomic E-state index is 12.2. The number of aliphatic hydroxyl groups excluding tert-OH is 1. The minimum Gasteiger partial charge on any atom is -0.462 e. The van der Waals surface area contributed by atoms with E-state index < -0.39 is 6.10 Å². The summed E-state index contributed by atoms with van der Waals surface area (Å²) in [5.74, 6) is -0.589. The van der Waals surface area contributed by atoms with Crippen LogP contribution < -0.4 is 0 Å². The Hall–Kier alpha value is -1.62. The molecule has 0 aliphatic rings. The van der Waals surface area contributed by atoms with E-state index in [1.807, 2.05) is 0 Å². The van der Waals surface area contributed by atoms with Crippen molar-refractivity contribution in [2.45, 2.75) is 238 Å². The van der Waals surface area contributed by atoms with Gasteiger partial charge in [-0.2, -0.15) is 0 Å². The largest absolute Gasteiger partial charge is 0.462 e. The fourth-order valence-corrected chi connectivity index (χ4v) is 6.41. The molecule has 5 nitrogen and oxygen atoms in total. The fraction of sp³-hybridized carbons (Fsp3) is 0.867. The summed E-state index contributed by atoms with van der Waals surface area (Å²) in [6.45, 7) is 4.13. The van der Waals surface area contributed by atoms with Crippen LogP contribution in [0.4, 0.5) is 0 Å². The molecule has 1 atom stereocenters. The third kappa shape index (κ3) is 39.2. The van der Waals surface area contributed by atoms with Crippen molar-refractivity contribution in [3.05, 3.63) is 24.3 Å². The summed E-state index contributed by atoms with van der Waals surface area (Å²) in [6.07, 6.45) is 49.6. The van der Waals surface area contributed by atoms with Crippen LogP contribution in [0.15, 0.2) is 24.3 Å². The number of carbonyl (C=O) groups excluding carboxylic acids is 2. The highest BCUT2D eigenvalue weighted by atomic mass is 16.6. The number of hydrogen-bond acceptors (Lipinski definition) is 5. The molecule has 0 spiro atoms. The molecular formula is C45H84O5. The molecule has 0 aromatic rings. The predicted octanol–water partition coefficient (Wildman–Crippen LogP) is 13.8. The second kappa shape index (κ2) is 41.8. The average molecular weight is 705 g/mol. The van der Waals surface area contributed by atoms with Crippen LogP contribution in [0.2, 0.25) is 0 Å². The van der Waals surface area contributed by atoms with Crippen LogP contribution in [-0.4, -0.2) is 36.4 Å². The number of esters is 2. The molecule has 0 aliphatic carbocycles. The van der Waals surface area contributed by atoms with Gasteiger partial charge in [-0.15, -0.1) is 0 Å². The van der Waals surface area contributed by atoms with Crippen LogP contribution in [0.25, 0.3) is 0 Å². The molecule has 1 N–H and O–H groups in total. The highest BCUT2D eigenvalue weighted by Crippen LogP contribution is 2.16. The van der Waals surface area contributed by atoms with E-state index in [0.29, 0.717) is 12.8 Å². The van der Waals surface area contributed by atoms with E-state index in [4.69, 9.17) is 9.47 Å². The molecule has 1 unspecified atom stereocenters. The quantitative estimate of drug-likeness (QED) is 0.0390. The minimum atomic E-state index is -0.770. The van der Waals surface area contributed by atoms with Gasteiger partial charge in [0.25, 0.3) is 0 Å². The number of carbonyl (C=O) groups is 2. The maximum atomic E-state index is 12.2. The summed E-state index contributed by atoms with van der Waals surface area (Å²) < 4.78 is 10.6. The van der Waals surface area contributed by atoms with Gasteiger partial charge in [0.15, 0.2) is 6.10 Å². The first kappa shape index (κ1) is 48.4. The van der Waals surface area contributed by atoms with E-state index >= 15 is 0 Å². The summed E-state index contributed by atoms with van der Waals surface area (Å²) in [5.41, 5.74) is 0. The Labute approximate surface area is 311 Å². The number of allylic oxidation sites excluding steroid dienone is 4. The Kier molecular flexibility index (Phi) is 40.4. The standard InChI is InChI=1S/C45H84O5/c1-3-5-7-9-11-13-15-17-19-21-22-24-26-28-30-32-34-36-38-40-45(48)50-43(41-46)42-49-44(47)39-37-35-33-31-29-27-25-23-20-18-16-14-12-10-8-6-4-2/h12,14,18,20,43,46H,3-11,13,15-17,19,21-42H2,1-2H3. The topological polar surface area (TPSA) is 72.8 Å². The van der Waals surface area contributed by atoms with Gasteiger partial charge in [-0.25, -0.2) is 0 Å². The molecule has 5 heteroatoms. The van der Waals surface area contributed by atoms with Gasteiger partial charge in [0, 0.05) is 12.8 Å². The van der Waals surface area contributed by atoms with Crippen LogP contribution in [0.5, 0.6) is 0 Å². The van der Waals surface area contributed by atoms with Gasteiger partial charge in [-0.3, -0.25) is 9.59 Å². The van der Waals surface area contributed by atoms with Gasteiger partial charge in [-0.1, -0.05) is 199 Å². The van der Waals surface area contributed by atoms with Crippen molar-refractivity contribution in [1.29, 1.82) is 0 Å². The Bertz CT molecular complexity index is 761. The number of ether oxygens (including phenoxy) is 2. The smallest absolute Gasteiger partial charge is 0.306 e. The predicted molar refractivity (Wildman–Crippen MR) is 215 cm³/mol. The molecule has 0 fully saturated rings. The molecule has 0 saturated carbocycles. The van der Waals surface area contributed by atoms with E-state index in [0.717, 1.165) is 44.9 Å². The first-order chi connectivity index (χ1) is 24.6. The maximum Gasteiger partial charge on any atom is 0.306 e. The SMILES string of the molecule is CCCCCC=CCC=CCCCCCCCCCC(=O)OCC(CO)OC(=O)CCCCCCCCCCCCCCCCCCCCC. The Morgan fingerprint density at radius 2 is 0.800 bits per heavy atom. The van der Waals surface area contributed by atoms with Crippen LogP contribution in [0.3, 0.4) is 0 Å². The Morgan fingerprint density at radius 3 is 1.22 bits per heavy atom. The summed E-state index contributed by atoms with van der Waals surface area (Å²) in [5, 5.41) is 9.58. The van der Waals surface area contributed by atoms with E-state index in [1.54, 1.807) is 0 Å². The van der Waals surface area contributed by atoms with Gasteiger partial charge in [0.1, 0.15) is 6.61 Å². The zero-order chi connectivity index (χ0) is 36.4. The van der Waals surface area contributed by atoms with Crippen LogP contribution in [-0.2, 0) is 19.1 Å². The molecule has 50 heavy (non-hydrogen) atoms. The number of rotatable bonds is 40. The van der Waals surface area contributed by atoms with Crippen molar-refractivity contribution in [2.24, 2.45) is 0 Å². The molecule has 0 rings (SSSR count). The van der Waals surface area contributed by atoms with Gasteiger partial charge in [0.2, 0.25) is 0 Å². The van der Waals surface area contributed by atoms with Crippen LogP contribution >= 0.6 is 0 Å². The number of unbranched alkanes of at least 4 members (excludes halogenated alkanes) is 28. The number of hydrogen-bond donors (Lipinski definition) is 1. The van der Waals surface area contributed by atoms with Crippen LogP contribution in [0, 0.1) is 0 Å². The Morgan fingerprint density at radius 1 is 0.460 bits per heavy atom. The van der Waals surface area contributed by atoms with E-state index in [9.17, 15) is 14.7 Å². The average Bonchev–Trinajstić information content (AvgIpc) is 3.12. The second-order valence-electron chi connectivity index (χ2n) is 14.8. The van der Waals surface area contributed by atoms with Gasteiger partial charge in [-0.05, 0) is 44.9 Å². The molecule has 0 bridgehead atoms. The summed E-state index contributed by atoms with van der Waals surface area (Å²) in [7, 11) is 0. The van der Waals surface area contributed by atoms with E-state index in [-0.39, 0.29) is 25.2 Å². The summed E-state index contributed by atoms with van der Waals surface area (Å²) in [6, 6.07) is 0. The lowest BCUT2D eigenvalue weighted by molar-refractivity contribution is -0.161. The normalized spacial score (nSPS) is 12.3. The monoisotopic (exact) mass is 705 g/mol. The van der Waals surface area contributed by atoms with Gasteiger partial charge >= 0.3 is 11.9 Å². The zero-order valence-corrected chi connectivity index (χ0v) is 33.4. The van der Waals surface area contributed by atoms with Crippen molar-refractivity contribution in [1.82, 2.24) is 0 Å². The van der Waals surface area contributed by atoms with Crippen molar-refractivity contribution in [3.63, 3.8) is 0 Å². The second-order valence-corrected chi connectivity index (χ2v) is 14.8. The van der Waals surface area contributed by atoms with Crippen molar-refractivity contribution < 1.29 is 24.2 Å². The molecule has 0 aromatic heterocycles. The fourth-order valence-electron chi connectivity index (χ4n) is 6.41. The third-order valence-corrected chi connectivity index (χ3v) is 9.75. The molecule has 0 heterocycles.